The molecular weight excluding hydrogens is 204 g/mol. The average molecular weight is 218 g/mol. The minimum Gasteiger partial charge on any atom is -0.478 e. The molecule has 1 aromatic carbocycles. The largest absolute Gasteiger partial charge is 0.478 e. The van der Waals surface area contributed by atoms with Gasteiger partial charge in [-0.1, -0.05) is 6.07 Å². The van der Waals surface area contributed by atoms with Gasteiger partial charge in [0.2, 0.25) is 0 Å². The van der Waals surface area contributed by atoms with Crippen molar-refractivity contribution >= 4 is 16.9 Å². The topological polar surface area (TPSA) is 55.1 Å². The highest BCUT2D eigenvalue weighted by Crippen LogP contribution is 2.24. The first-order valence-corrected chi connectivity index (χ1v) is 5.12. The second-order valence-corrected chi connectivity index (χ2v) is 4.77. The van der Waals surface area contributed by atoms with Crippen LogP contribution >= 0.6 is 0 Å². The number of carboxylic acids is 1. The number of carbonyl (C=O) groups is 1. The van der Waals surface area contributed by atoms with Crippen LogP contribution in [0.1, 0.15) is 31.1 Å². The Morgan fingerprint density at radius 2 is 2.06 bits per heavy atom. The van der Waals surface area contributed by atoms with Crippen molar-refractivity contribution in [2.45, 2.75) is 26.3 Å². The lowest BCUT2D eigenvalue weighted by molar-refractivity contribution is 0.0699. The molecule has 0 aliphatic rings. The van der Waals surface area contributed by atoms with Crippen molar-refractivity contribution in [3.05, 3.63) is 30.0 Å². The van der Waals surface area contributed by atoms with E-state index in [2.05, 4.69) is 5.10 Å². The van der Waals surface area contributed by atoms with E-state index >= 15 is 0 Å². The highest BCUT2D eigenvalue weighted by molar-refractivity contribution is 6.02. The van der Waals surface area contributed by atoms with Gasteiger partial charge in [-0.25, -0.2) is 4.79 Å². The Bertz CT molecular complexity index is 550. The van der Waals surface area contributed by atoms with Crippen LogP contribution in [-0.4, -0.2) is 20.9 Å². The van der Waals surface area contributed by atoms with Crippen LogP contribution in [0.4, 0.5) is 0 Å². The molecule has 0 aliphatic heterocycles. The van der Waals surface area contributed by atoms with Crippen LogP contribution < -0.4 is 0 Å². The molecule has 0 saturated carbocycles. The van der Waals surface area contributed by atoms with Crippen LogP contribution in [0.3, 0.4) is 0 Å². The maximum atomic E-state index is 11.0. The van der Waals surface area contributed by atoms with E-state index in [4.69, 9.17) is 5.11 Å². The Morgan fingerprint density at radius 3 is 2.62 bits per heavy atom. The molecule has 0 saturated heterocycles. The van der Waals surface area contributed by atoms with Crippen molar-refractivity contribution in [3.8, 4) is 0 Å². The van der Waals surface area contributed by atoms with Crippen LogP contribution in [-0.2, 0) is 5.54 Å². The van der Waals surface area contributed by atoms with Gasteiger partial charge in [-0.2, -0.15) is 5.10 Å². The molecule has 1 aromatic heterocycles. The standard InChI is InChI=1S/C12H14N2O2/c1-12(2,3)14-10-6-4-5-8(11(15)16)9(10)7-13-14/h4-7H,1-3H3,(H,15,16). The van der Waals surface area contributed by atoms with E-state index in [1.165, 1.54) is 0 Å². The normalized spacial score (nSPS) is 11.9. The Morgan fingerprint density at radius 1 is 1.38 bits per heavy atom. The van der Waals surface area contributed by atoms with Crippen LogP contribution in [0.15, 0.2) is 24.4 Å². The highest BCUT2D eigenvalue weighted by Gasteiger charge is 2.19. The van der Waals surface area contributed by atoms with Gasteiger partial charge < -0.3 is 5.11 Å². The summed E-state index contributed by atoms with van der Waals surface area (Å²) in [4.78, 5) is 11.0. The van der Waals surface area contributed by atoms with E-state index < -0.39 is 5.97 Å². The Balaban J connectivity index is 2.76. The van der Waals surface area contributed by atoms with E-state index in [0.29, 0.717) is 10.9 Å². The number of aromatic nitrogens is 2. The molecular formula is C12H14N2O2. The molecule has 0 unspecified atom stereocenters. The van der Waals surface area contributed by atoms with Gasteiger partial charge in [-0.3, -0.25) is 4.68 Å². The highest BCUT2D eigenvalue weighted by atomic mass is 16.4. The zero-order valence-electron chi connectivity index (χ0n) is 9.56. The quantitative estimate of drug-likeness (QED) is 0.800. The van der Waals surface area contributed by atoms with Crippen molar-refractivity contribution in [3.63, 3.8) is 0 Å². The number of rotatable bonds is 1. The van der Waals surface area contributed by atoms with Crippen molar-refractivity contribution in [1.29, 1.82) is 0 Å². The molecule has 0 fully saturated rings. The molecule has 4 nitrogen and oxygen atoms in total. The second kappa shape index (κ2) is 3.33. The summed E-state index contributed by atoms with van der Waals surface area (Å²) in [5.41, 5.74) is 0.999. The second-order valence-electron chi connectivity index (χ2n) is 4.77. The van der Waals surface area contributed by atoms with Gasteiger partial charge in [0.05, 0.1) is 22.8 Å². The van der Waals surface area contributed by atoms with Gasteiger partial charge in [0.25, 0.3) is 0 Å². The van der Waals surface area contributed by atoms with Gasteiger partial charge in [0, 0.05) is 5.39 Å². The Labute approximate surface area is 93.5 Å². The van der Waals surface area contributed by atoms with Gasteiger partial charge in [0.1, 0.15) is 0 Å². The van der Waals surface area contributed by atoms with Gasteiger partial charge >= 0.3 is 5.97 Å². The molecule has 1 heterocycles. The van der Waals surface area contributed by atoms with E-state index in [9.17, 15) is 4.79 Å². The Kier molecular flexibility index (Phi) is 2.22. The number of benzene rings is 1. The smallest absolute Gasteiger partial charge is 0.336 e. The molecule has 0 radical (unpaired) electrons. The lowest BCUT2D eigenvalue weighted by atomic mass is 10.1. The predicted octanol–water partition coefficient (Wildman–Crippen LogP) is 2.49. The van der Waals surface area contributed by atoms with Gasteiger partial charge in [-0.15, -0.1) is 0 Å². The lowest BCUT2D eigenvalue weighted by Gasteiger charge is -2.20. The number of hydrogen-bond acceptors (Lipinski definition) is 2. The molecule has 0 aliphatic carbocycles. The summed E-state index contributed by atoms with van der Waals surface area (Å²) in [7, 11) is 0. The average Bonchev–Trinajstić information content (AvgIpc) is 2.59. The number of fused-ring (bicyclic) bond motifs is 1. The van der Waals surface area contributed by atoms with E-state index in [0.717, 1.165) is 5.52 Å². The van der Waals surface area contributed by atoms with Gasteiger partial charge in [0.15, 0.2) is 0 Å². The maximum absolute atomic E-state index is 11.0. The van der Waals surface area contributed by atoms with Crippen LogP contribution in [0.5, 0.6) is 0 Å². The Hall–Kier alpha value is -1.84. The molecule has 0 atom stereocenters. The summed E-state index contributed by atoms with van der Waals surface area (Å²) in [6, 6.07) is 5.23. The molecule has 1 N–H and O–H groups in total. The number of carboxylic acid groups (broad SMARTS) is 1. The lowest BCUT2D eigenvalue weighted by Crippen LogP contribution is -2.22. The maximum Gasteiger partial charge on any atom is 0.336 e. The van der Waals surface area contributed by atoms with E-state index in [-0.39, 0.29) is 5.54 Å². The third-order valence-corrected chi connectivity index (χ3v) is 2.48. The first kappa shape index (κ1) is 10.7. The predicted molar refractivity (Wildman–Crippen MR) is 61.7 cm³/mol. The number of nitrogens with zero attached hydrogens (tertiary/aromatic N) is 2. The molecule has 84 valence electrons. The minimum absolute atomic E-state index is 0.154. The van der Waals surface area contributed by atoms with Crippen LogP contribution in [0, 0.1) is 0 Å². The fraction of sp³-hybridized carbons (Fsp3) is 0.333. The SMILES string of the molecule is CC(C)(C)n1ncc2c(C(=O)O)cccc21. The monoisotopic (exact) mass is 218 g/mol. The minimum atomic E-state index is -0.918. The zero-order chi connectivity index (χ0) is 11.9. The fourth-order valence-electron chi connectivity index (χ4n) is 1.77. The summed E-state index contributed by atoms with van der Waals surface area (Å²) in [6.45, 7) is 6.10. The molecule has 0 spiro atoms. The summed E-state index contributed by atoms with van der Waals surface area (Å²) in [5.74, 6) is -0.918. The first-order valence-electron chi connectivity index (χ1n) is 5.12. The molecule has 16 heavy (non-hydrogen) atoms. The third-order valence-electron chi connectivity index (χ3n) is 2.48. The molecule has 2 aromatic rings. The van der Waals surface area contributed by atoms with E-state index in [1.807, 2.05) is 31.5 Å². The van der Waals surface area contributed by atoms with Crippen LogP contribution in [0.25, 0.3) is 10.9 Å². The molecule has 0 amide bonds. The van der Waals surface area contributed by atoms with Gasteiger partial charge in [-0.05, 0) is 32.9 Å². The van der Waals surface area contributed by atoms with Crippen molar-refractivity contribution in [2.24, 2.45) is 0 Å². The van der Waals surface area contributed by atoms with E-state index in [1.54, 1.807) is 18.3 Å². The van der Waals surface area contributed by atoms with Crippen molar-refractivity contribution in [1.82, 2.24) is 9.78 Å². The third kappa shape index (κ3) is 1.56. The molecule has 2 rings (SSSR count). The fourth-order valence-corrected chi connectivity index (χ4v) is 1.77. The van der Waals surface area contributed by atoms with Crippen molar-refractivity contribution in [2.75, 3.05) is 0 Å². The van der Waals surface area contributed by atoms with Crippen molar-refractivity contribution < 1.29 is 9.90 Å². The first-order chi connectivity index (χ1) is 7.41. The van der Waals surface area contributed by atoms with Crippen LogP contribution in [0.2, 0.25) is 0 Å². The summed E-state index contributed by atoms with van der Waals surface area (Å²) >= 11 is 0. The number of hydrogen-bond donors (Lipinski definition) is 1. The molecule has 4 heteroatoms. The summed E-state index contributed by atoms with van der Waals surface area (Å²) in [6.07, 6.45) is 1.62. The zero-order valence-corrected chi connectivity index (χ0v) is 9.56. The number of aromatic carboxylic acids is 1. The molecule has 0 bridgehead atoms. The summed E-state index contributed by atoms with van der Waals surface area (Å²) in [5, 5.41) is 14.0. The summed E-state index contributed by atoms with van der Waals surface area (Å²) < 4.78 is 1.84.